The molecule has 0 aliphatic heterocycles. The highest BCUT2D eigenvalue weighted by molar-refractivity contribution is 5.91. The molecule has 3 nitrogen and oxygen atoms in total. The number of carbonyl (C=O) groups excluding carboxylic acids is 2. The van der Waals surface area contributed by atoms with Crippen molar-refractivity contribution in [1.29, 1.82) is 0 Å². The molecule has 0 heterocycles. The summed E-state index contributed by atoms with van der Waals surface area (Å²) in [5, 5.41) is 10.9. The van der Waals surface area contributed by atoms with Crippen LogP contribution in [0.5, 0.6) is 0 Å². The Morgan fingerprint density at radius 2 is 1.86 bits per heavy atom. The van der Waals surface area contributed by atoms with Gasteiger partial charge in [0.2, 0.25) is 0 Å². The Labute approximate surface area is 132 Å². The topological polar surface area (TPSA) is 54.4 Å². The zero-order chi connectivity index (χ0) is 15.7. The number of fused-ring (bicyclic) bond motifs is 5. The molecule has 22 heavy (non-hydrogen) atoms. The van der Waals surface area contributed by atoms with E-state index >= 15 is 0 Å². The zero-order valence-corrected chi connectivity index (χ0v) is 13.6. The summed E-state index contributed by atoms with van der Waals surface area (Å²) < 4.78 is 0. The summed E-state index contributed by atoms with van der Waals surface area (Å²) in [7, 11) is 0. The first-order valence-corrected chi connectivity index (χ1v) is 8.81. The van der Waals surface area contributed by atoms with Crippen LogP contribution < -0.4 is 0 Å². The van der Waals surface area contributed by atoms with Crippen molar-refractivity contribution >= 4 is 11.6 Å². The van der Waals surface area contributed by atoms with Gasteiger partial charge in [0.1, 0.15) is 5.78 Å². The summed E-state index contributed by atoms with van der Waals surface area (Å²) >= 11 is 0. The molecule has 4 aliphatic rings. The summed E-state index contributed by atoms with van der Waals surface area (Å²) in [5.74, 6) is 1.71. The molecule has 0 aromatic carbocycles. The van der Waals surface area contributed by atoms with E-state index in [1.165, 1.54) is 5.57 Å². The number of aliphatic hydroxyl groups excluding tert-OH is 1. The molecular formula is C19H26O3. The van der Waals surface area contributed by atoms with Gasteiger partial charge in [-0.1, -0.05) is 19.4 Å². The number of Topliss-reactive ketones (excluding diaryl/α,β-unsaturated/α-hetero) is 1. The lowest BCUT2D eigenvalue weighted by Gasteiger charge is -2.58. The zero-order valence-electron chi connectivity index (χ0n) is 13.6. The molecule has 0 spiro atoms. The first-order valence-electron chi connectivity index (χ1n) is 8.81. The van der Waals surface area contributed by atoms with Gasteiger partial charge in [-0.3, -0.25) is 9.59 Å². The number of allylic oxidation sites excluding steroid dienone is 1. The van der Waals surface area contributed by atoms with E-state index in [0.717, 1.165) is 25.7 Å². The highest BCUT2D eigenvalue weighted by Crippen LogP contribution is 2.64. The van der Waals surface area contributed by atoms with E-state index in [2.05, 4.69) is 13.8 Å². The number of carbonyl (C=O) groups is 2. The quantitative estimate of drug-likeness (QED) is 0.748. The van der Waals surface area contributed by atoms with Crippen molar-refractivity contribution in [2.45, 2.75) is 64.9 Å². The minimum absolute atomic E-state index is 0.0385. The lowest BCUT2D eigenvalue weighted by atomic mass is 9.46. The van der Waals surface area contributed by atoms with Crippen molar-refractivity contribution in [3.05, 3.63) is 11.6 Å². The maximum Gasteiger partial charge on any atom is 0.155 e. The third-order valence-electron chi connectivity index (χ3n) is 7.61. The molecule has 1 N–H and O–H groups in total. The van der Waals surface area contributed by atoms with E-state index in [1.807, 2.05) is 6.08 Å². The minimum Gasteiger partial charge on any atom is -0.393 e. The van der Waals surface area contributed by atoms with Gasteiger partial charge >= 0.3 is 0 Å². The number of hydrogen-bond acceptors (Lipinski definition) is 3. The molecule has 4 aliphatic carbocycles. The number of aliphatic hydroxyl groups is 1. The van der Waals surface area contributed by atoms with Crippen LogP contribution in [0.2, 0.25) is 0 Å². The highest BCUT2D eigenvalue weighted by atomic mass is 16.3. The first-order chi connectivity index (χ1) is 10.4. The van der Waals surface area contributed by atoms with E-state index in [9.17, 15) is 14.7 Å². The molecule has 3 fully saturated rings. The summed E-state index contributed by atoms with van der Waals surface area (Å²) in [5.41, 5.74) is 0.920. The Kier molecular flexibility index (Phi) is 3.01. The molecular weight excluding hydrogens is 276 g/mol. The largest absolute Gasteiger partial charge is 0.393 e. The van der Waals surface area contributed by atoms with Crippen molar-refractivity contribution in [2.24, 2.45) is 28.6 Å². The van der Waals surface area contributed by atoms with Crippen LogP contribution in [0.15, 0.2) is 11.6 Å². The third kappa shape index (κ3) is 1.72. The second-order valence-electron chi connectivity index (χ2n) is 8.54. The highest BCUT2D eigenvalue weighted by Gasteiger charge is 2.61. The minimum atomic E-state index is -0.407. The average molecular weight is 302 g/mol. The van der Waals surface area contributed by atoms with E-state index in [1.54, 1.807) is 0 Å². The van der Waals surface area contributed by atoms with Gasteiger partial charge in [0.25, 0.3) is 0 Å². The Balaban J connectivity index is 1.75. The first kappa shape index (κ1) is 14.6. The van der Waals surface area contributed by atoms with Crippen molar-refractivity contribution in [3.63, 3.8) is 0 Å². The van der Waals surface area contributed by atoms with Crippen LogP contribution in [0.1, 0.15) is 58.8 Å². The second-order valence-corrected chi connectivity index (χ2v) is 8.54. The van der Waals surface area contributed by atoms with Crippen molar-refractivity contribution in [1.82, 2.24) is 0 Å². The maximum absolute atomic E-state index is 12.4. The Morgan fingerprint density at radius 1 is 1.09 bits per heavy atom. The third-order valence-corrected chi connectivity index (χ3v) is 7.61. The fourth-order valence-electron chi connectivity index (χ4n) is 6.46. The van der Waals surface area contributed by atoms with Crippen LogP contribution in [0.3, 0.4) is 0 Å². The van der Waals surface area contributed by atoms with Gasteiger partial charge in [-0.2, -0.15) is 0 Å². The normalized spacial score (nSPS) is 51.0. The Hall–Kier alpha value is -0.960. The average Bonchev–Trinajstić information content (AvgIpc) is 2.75. The van der Waals surface area contributed by atoms with Crippen molar-refractivity contribution in [2.75, 3.05) is 0 Å². The second kappa shape index (κ2) is 4.53. The Bertz CT molecular complexity index is 577. The molecule has 3 saturated carbocycles. The van der Waals surface area contributed by atoms with Crippen molar-refractivity contribution in [3.8, 4) is 0 Å². The monoisotopic (exact) mass is 302 g/mol. The number of ketones is 2. The number of rotatable bonds is 0. The van der Waals surface area contributed by atoms with Gasteiger partial charge in [0, 0.05) is 18.3 Å². The number of hydrogen-bond donors (Lipinski definition) is 1. The van der Waals surface area contributed by atoms with Crippen LogP contribution in [0, 0.1) is 28.6 Å². The molecule has 2 unspecified atom stereocenters. The molecule has 0 radical (unpaired) electrons. The molecule has 0 saturated heterocycles. The van der Waals surface area contributed by atoms with Crippen LogP contribution >= 0.6 is 0 Å². The molecule has 0 aromatic heterocycles. The molecule has 0 aromatic rings. The van der Waals surface area contributed by atoms with Gasteiger partial charge in [-0.25, -0.2) is 0 Å². The van der Waals surface area contributed by atoms with Crippen LogP contribution in [0.25, 0.3) is 0 Å². The smallest absolute Gasteiger partial charge is 0.155 e. The van der Waals surface area contributed by atoms with E-state index in [0.29, 0.717) is 36.9 Å². The molecule has 0 amide bonds. The van der Waals surface area contributed by atoms with Gasteiger partial charge in [-0.15, -0.1) is 0 Å². The summed E-state index contributed by atoms with van der Waals surface area (Å²) in [4.78, 5) is 24.2. The molecule has 6 atom stereocenters. The summed E-state index contributed by atoms with van der Waals surface area (Å²) in [6, 6.07) is 0. The molecule has 4 rings (SSSR count). The Morgan fingerprint density at radius 3 is 2.64 bits per heavy atom. The predicted molar refractivity (Wildman–Crippen MR) is 83.1 cm³/mol. The van der Waals surface area contributed by atoms with Gasteiger partial charge in [0.05, 0.1) is 6.10 Å². The fraction of sp³-hybridized carbons (Fsp3) is 0.789. The van der Waals surface area contributed by atoms with E-state index in [4.69, 9.17) is 0 Å². The van der Waals surface area contributed by atoms with Gasteiger partial charge in [-0.05, 0) is 61.3 Å². The van der Waals surface area contributed by atoms with Gasteiger partial charge < -0.3 is 5.11 Å². The maximum atomic E-state index is 12.4. The molecule has 0 bridgehead atoms. The molecule has 3 heteroatoms. The molecule has 120 valence electrons. The van der Waals surface area contributed by atoms with Crippen LogP contribution in [0.4, 0.5) is 0 Å². The van der Waals surface area contributed by atoms with Crippen molar-refractivity contribution < 1.29 is 14.7 Å². The van der Waals surface area contributed by atoms with E-state index < -0.39 is 6.10 Å². The van der Waals surface area contributed by atoms with E-state index in [-0.39, 0.29) is 22.5 Å². The predicted octanol–water partition coefficient (Wildman–Crippen LogP) is 3.06. The van der Waals surface area contributed by atoms with Crippen LogP contribution in [-0.2, 0) is 9.59 Å². The fourth-order valence-corrected chi connectivity index (χ4v) is 6.46. The van der Waals surface area contributed by atoms with Gasteiger partial charge in [0.15, 0.2) is 5.78 Å². The SMILES string of the molecule is CC12CCC(=O)C=C1CC[C@@H]1[C@@H]2[C@@H](O)CC2(C)C(=O)CC[C@@H]12. The van der Waals surface area contributed by atoms with Crippen LogP contribution in [-0.4, -0.2) is 22.8 Å². The summed E-state index contributed by atoms with van der Waals surface area (Å²) in [6.45, 7) is 4.34. The lowest BCUT2D eigenvalue weighted by molar-refractivity contribution is -0.147. The standard InChI is InChI=1S/C19H26O3/c1-18-8-7-12(20)9-11(18)3-4-13-14-5-6-16(22)19(14,2)10-15(21)17(13)18/h9,13-15,17,21H,3-8,10H2,1-2H3/t13-,14-,15-,17+,18?,19?/m0/s1. The summed E-state index contributed by atoms with van der Waals surface area (Å²) in [6.07, 6.45) is 7.24. The lowest BCUT2D eigenvalue weighted by Crippen LogP contribution is -2.56.